The first-order valence-electron chi connectivity index (χ1n) is 9.98. The van der Waals surface area contributed by atoms with E-state index in [1.165, 1.54) is 0 Å². The monoisotopic (exact) mass is 403 g/mol. The third kappa shape index (κ3) is 2.77. The molecule has 0 bridgehead atoms. The number of furan rings is 1. The standard InChI is InChI=1S/C23H21N3O4/c1-14(19-12-16-7-3-5-9-18(16)30-19)24-20(27)13-26-21(28)23(25-22(26)29)11-10-15-6-2-4-8-17(15)23/h2-9,12,14H,10-11,13H2,1H3,(H,24,27)(H,25,29)/t14-,23+/m1/s1. The van der Waals surface area contributed by atoms with Gasteiger partial charge in [-0.25, -0.2) is 4.79 Å². The van der Waals surface area contributed by atoms with Crippen molar-refractivity contribution in [2.75, 3.05) is 6.54 Å². The predicted molar refractivity (Wildman–Crippen MR) is 109 cm³/mol. The molecule has 3 aromatic rings. The van der Waals surface area contributed by atoms with Crippen LogP contribution in [0.3, 0.4) is 0 Å². The summed E-state index contributed by atoms with van der Waals surface area (Å²) in [7, 11) is 0. The van der Waals surface area contributed by atoms with Crippen LogP contribution in [-0.2, 0) is 21.5 Å². The van der Waals surface area contributed by atoms with E-state index in [2.05, 4.69) is 10.6 Å². The number of rotatable bonds is 4. The van der Waals surface area contributed by atoms with Crippen LogP contribution in [0, 0.1) is 0 Å². The number of carbonyl (C=O) groups is 3. The van der Waals surface area contributed by atoms with Gasteiger partial charge >= 0.3 is 6.03 Å². The van der Waals surface area contributed by atoms with E-state index in [-0.39, 0.29) is 12.5 Å². The number of hydrogen-bond donors (Lipinski definition) is 2. The normalized spacial score (nSPS) is 21.2. The molecule has 1 fully saturated rings. The number of urea groups is 1. The fourth-order valence-corrected chi connectivity index (χ4v) is 4.45. The van der Waals surface area contributed by atoms with E-state index < -0.39 is 23.5 Å². The van der Waals surface area contributed by atoms with Crippen LogP contribution in [0.5, 0.6) is 0 Å². The molecule has 2 aliphatic rings. The molecule has 1 saturated heterocycles. The zero-order chi connectivity index (χ0) is 20.9. The Morgan fingerprint density at radius 1 is 1.20 bits per heavy atom. The Labute approximate surface area is 173 Å². The molecular formula is C23H21N3O4. The summed E-state index contributed by atoms with van der Waals surface area (Å²) in [4.78, 5) is 39.3. The Balaban J connectivity index is 1.30. The van der Waals surface area contributed by atoms with Gasteiger partial charge in [0, 0.05) is 5.39 Å². The van der Waals surface area contributed by atoms with Crippen molar-refractivity contribution in [1.29, 1.82) is 0 Å². The summed E-state index contributed by atoms with van der Waals surface area (Å²) in [5.41, 5.74) is 1.56. The molecule has 0 saturated carbocycles. The summed E-state index contributed by atoms with van der Waals surface area (Å²) >= 11 is 0. The van der Waals surface area contributed by atoms with E-state index in [0.29, 0.717) is 18.6 Å². The van der Waals surface area contributed by atoms with Gasteiger partial charge < -0.3 is 15.1 Å². The van der Waals surface area contributed by atoms with Crippen molar-refractivity contribution in [2.24, 2.45) is 0 Å². The second-order valence-corrected chi connectivity index (χ2v) is 7.86. The lowest BCUT2D eigenvalue weighted by molar-refractivity contribution is -0.135. The lowest BCUT2D eigenvalue weighted by atomic mass is 9.92. The molecule has 0 unspecified atom stereocenters. The van der Waals surface area contributed by atoms with Crippen LogP contribution in [0.15, 0.2) is 59.0 Å². The number of nitrogens with one attached hydrogen (secondary N) is 2. The third-order valence-corrected chi connectivity index (χ3v) is 5.97. The molecule has 7 heteroatoms. The molecule has 0 radical (unpaired) electrons. The molecule has 1 aliphatic carbocycles. The number of imide groups is 1. The molecule has 7 nitrogen and oxygen atoms in total. The highest BCUT2D eigenvalue weighted by atomic mass is 16.3. The summed E-state index contributed by atoms with van der Waals surface area (Å²) in [5.74, 6) is -0.179. The van der Waals surface area contributed by atoms with E-state index in [9.17, 15) is 14.4 Å². The maximum Gasteiger partial charge on any atom is 0.325 e. The molecule has 1 spiro atoms. The number of hydrogen-bond acceptors (Lipinski definition) is 4. The van der Waals surface area contributed by atoms with Gasteiger partial charge in [-0.15, -0.1) is 0 Å². The second-order valence-electron chi connectivity index (χ2n) is 7.86. The average Bonchev–Trinajstić information content (AvgIpc) is 3.40. The number of carbonyl (C=O) groups excluding carboxylic acids is 3. The SMILES string of the molecule is C[C@@H](NC(=O)CN1C(=O)N[C@]2(CCc3ccccc32)C1=O)c1cc2ccccc2o1. The summed E-state index contributed by atoms with van der Waals surface area (Å²) in [6.45, 7) is 1.47. The van der Waals surface area contributed by atoms with Gasteiger partial charge in [0.15, 0.2) is 0 Å². The quantitative estimate of drug-likeness (QED) is 0.655. The lowest BCUT2D eigenvalue weighted by Crippen LogP contribution is -2.44. The zero-order valence-electron chi connectivity index (χ0n) is 16.5. The molecule has 1 aliphatic heterocycles. The van der Waals surface area contributed by atoms with Gasteiger partial charge in [-0.3, -0.25) is 14.5 Å². The van der Waals surface area contributed by atoms with Gasteiger partial charge in [-0.1, -0.05) is 42.5 Å². The number of para-hydroxylation sites is 1. The Morgan fingerprint density at radius 3 is 2.80 bits per heavy atom. The fourth-order valence-electron chi connectivity index (χ4n) is 4.45. The zero-order valence-corrected chi connectivity index (χ0v) is 16.5. The average molecular weight is 403 g/mol. The van der Waals surface area contributed by atoms with Gasteiger partial charge in [0.1, 0.15) is 23.4 Å². The van der Waals surface area contributed by atoms with Gasteiger partial charge in [-0.2, -0.15) is 0 Å². The summed E-state index contributed by atoms with van der Waals surface area (Å²) in [5, 5.41) is 6.60. The van der Waals surface area contributed by atoms with Gasteiger partial charge in [0.25, 0.3) is 5.91 Å². The van der Waals surface area contributed by atoms with E-state index in [1.807, 2.05) is 54.6 Å². The number of nitrogens with zero attached hydrogens (tertiary/aromatic N) is 1. The smallest absolute Gasteiger partial charge is 0.325 e. The van der Waals surface area contributed by atoms with Crippen molar-refractivity contribution in [3.63, 3.8) is 0 Å². The van der Waals surface area contributed by atoms with Gasteiger partial charge in [0.05, 0.1) is 6.04 Å². The Morgan fingerprint density at radius 2 is 1.97 bits per heavy atom. The van der Waals surface area contributed by atoms with Crippen LogP contribution in [-0.4, -0.2) is 29.3 Å². The topological polar surface area (TPSA) is 91.7 Å². The molecule has 5 rings (SSSR count). The predicted octanol–water partition coefficient (Wildman–Crippen LogP) is 3.00. The first-order valence-corrected chi connectivity index (χ1v) is 9.98. The first-order chi connectivity index (χ1) is 14.5. The minimum atomic E-state index is -1.06. The van der Waals surface area contributed by atoms with Crippen LogP contribution in [0.2, 0.25) is 0 Å². The second kappa shape index (κ2) is 6.73. The van der Waals surface area contributed by atoms with Crippen molar-refractivity contribution in [2.45, 2.75) is 31.3 Å². The number of benzene rings is 2. The molecule has 2 atom stereocenters. The maximum absolute atomic E-state index is 13.2. The molecular weight excluding hydrogens is 382 g/mol. The van der Waals surface area contributed by atoms with E-state index in [0.717, 1.165) is 27.0 Å². The minimum absolute atomic E-state index is 0.334. The summed E-state index contributed by atoms with van der Waals surface area (Å²) in [6, 6.07) is 16.1. The van der Waals surface area contributed by atoms with Crippen molar-refractivity contribution >= 4 is 28.8 Å². The van der Waals surface area contributed by atoms with E-state index >= 15 is 0 Å². The molecule has 2 heterocycles. The summed E-state index contributed by atoms with van der Waals surface area (Å²) < 4.78 is 5.78. The summed E-state index contributed by atoms with van der Waals surface area (Å²) in [6.07, 6.45) is 1.22. The maximum atomic E-state index is 13.2. The molecule has 152 valence electrons. The molecule has 2 N–H and O–H groups in total. The molecule has 2 aromatic carbocycles. The van der Waals surface area contributed by atoms with Crippen LogP contribution in [0.25, 0.3) is 11.0 Å². The molecule has 30 heavy (non-hydrogen) atoms. The van der Waals surface area contributed by atoms with E-state index in [4.69, 9.17) is 4.42 Å². The highest BCUT2D eigenvalue weighted by Gasteiger charge is 2.55. The van der Waals surface area contributed by atoms with Crippen molar-refractivity contribution in [1.82, 2.24) is 15.5 Å². The number of aryl methyl sites for hydroxylation is 1. The molecule has 1 aromatic heterocycles. The van der Waals surface area contributed by atoms with Crippen molar-refractivity contribution < 1.29 is 18.8 Å². The number of amides is 4. The van der Waals surface area contributed by atoms with Gasteiger partial charge in [0.2, 0.25) is 5.91 Å². The fraction of sp³-hybridized carbons (Fsp3) is 0.261. The van der Waals surface area contributed by atoms with Crippen LogP contribution >= 0.6 is 0 Å². The highest BCUT2D eigenvalue weighted by Crippen LogP contribution is 2.41. The van der Waals surface area contributed by atoms with Crippen LogP contribution in [0.1, 0.15) is 36.3 Å². The molecule has 4 amide bonds. The van der Waals surface area contributed by atoms with Crippen LogP contribution in [0.4, 0.5) is 4.79 Å². The largest absolute Gasteiger partial charge is 0.459 e. The Bertz CT molecular complexity index is 1150. The van der Waals surface area contributed by atoms with E-state index in [1.54, 1.807) is 6.92 Å². The Hall–Kier alpha value is -3.61. The third-order valence-electron chi connectivity index (χ3n) is 5.97. The number of fused-ring (bicyclic) bond motifs is 3. The van der Waals surface area contributed by atoms with Gasteiger partial charge in [-0.05, 0) is 43.0 Å². The Kier molecular flexibility index (Phi) is 4.13. The van der Waals surface area contributed by atoms with Crippen LogP contribution < -0.4 is 10.6 Å². The van der Waals surface area contributed by atoms with Crippen molar-refractivity contribution in [3.8, 4) is 0 Å². The first kappa shape index (κ1) is 18.4. The minimum Gasteiger partial charge on any atom is -0.459 e. The lowest BCUT2D eigenvalue weighted by Gasteiger charge is -2.22. The highest BCUT2D eigenvalue weighted by molar-refractivity contribution is 6.09. The van der Waals surface area contributed by atoms with Crippen molar-refractivity contribution in [3.05, 3.63) is 71.5 Å².